The van der Waals surface area contributed by atoms with E-state index in [0.29, 0.717) is 113 Å². The first-order chi connectivity index (χ1) is 46.6. The summed E-state index contributed by atoms with van der Waals surface area (Å²) in [7, 11) is -7.69. The molecule has 34 heteroatoms. The van der Waals surface area contributed by atoms with Crippen molar-refractivity contribution < 1.29 is 34.8 Å². The van der Waals surface area contributed by atoms with Gasteiger partial charge >= 0.3 is 0 Å². The molecule has 14 aromatic rings. The Balaban J connectivity index is 0.000000140. The number of nitrogens with one attached hydrogen (secondary N) is 3. The van der Waals surface area contributed by atoms with Crippen molar-refractivity contribution in [2.24, 2.45) is 0 Å². The molecule has 20 nitrogen and oxygen atoms in total. The summed E-state index contributed by atoms with van der Waals surface area (Å²) < 4.78 is 93.9. The van der Waals surface area contributed by atoms with E-state index in [1.807, 2.05) is 12.3 Å². The highest BCUT2D eigenvalue weighted by atomic mass is 35.5. The SMILES string of the molecule is Fc1cncc(CNc2nc(Cl)c(Cc3c[nH]c4ncc(Cl)cc34)s2)c1.Nc1nc(Cl)c(Cc2cn(S(=O)(=O)c3ccccc3)c3ncc(Cl)cc23)s1.O=Cc1cncc(F)c1.O=S(=O)(c1ccccc1)n1cc(Cc2sc(NCc3cncc(F)c3)nc2Cl)c2cc(Cl)cnc21. The van der Waals surface area contributed by atoms with Gasteiger partial charge in [-0.1, -0.05) is 106 Å². The highest BCUT2D eigenvalue weighted by Gasteiger charge is 2.26. The second-order valence-electron chi connectivity index (χ2n) is 20.5. The molecule has 0 aliphatic carbocycles. The fraction of sp³-hybridized carbons (Fsp3) is 0.0794. The number of fused-ring (bicyclic) bond motifs is 3. The van der Waals surface area contributed by atoms with Crippen molar-refractivity contribution in [3.63, 3.8) is 0 Å². The summed E-state index contributed by atoms with van der Waals surface area (Å²) in [6, 6.07) is 25.5. The molecule has 0 aliphatic heterocycles. The van der Waals surface area contributed by atoms with Gasteiger partial charge in [0.25, 0.3) is 20.0 Å². The van der Waals surface area contributed by atoms with E-state index in [9.17, 15) is 34.8 Å². The fourth-order valence-corrected chi connectivity index (χ4v) is 16.1. The number of anilines is 3. The van der Waals surface area contributed by atoms with Crippen LogP contribution in [0.2, 0.25) is 30.5 Å². The van der Waals surface area contributed by atoms with Crippen molar-refractivity contribution in [3.05, 3.63) is 267 Å². The summed E-state index contributed by atoms with van der Waals surface area (Å²) >= 11 is 41.2. The Morgan fingerprint density at radius 2 is 0.928 bits per heavy atom. The minimum atomic E-state index is -3.88. The third-order valence-electron chi connectivity index (χ3n) is 13.8. The van der Waals surface area contributed by atoms with E-state index in [1.54, 1.807) is 73.3 Å². The first-order valence-corrected chi connectivity index (χ1v) is 35.6. The third kappa shape index (κ3) is 17.0. The lowest BCUT2D eigenvalue weighted by Crippen LogP contribution is -2.12. The van der Waals surface area contributed by atoms with Crippen molar-refractivity contribution in [3.8, 4) is 0 Å². The van der Waals surface area contributed by atoms with Gasteiger partial charge in [0.15, 0.2) is 33.0 Å². The Hall–Kier alpha value is -8.65. The first-order valence-electron chi connectivity index (χ1n) is 28.1. The molecule has 0 atom stereocenters. The predicted octanol–water partition coefficient (Wildman–Crippen LogP) is 16.1. The van der Waals surface area contributed by atoms with Crippen LogP contribution in [0.15, 0.2) is 181 Å². The van der Waals surface area contributed by atoms with E-state index in [4.69, 9.17) is 75.3 Å². The summed E-state index contributed by atoms with van der Waals surface area (Å²) in [4.78, 5) is 52.4. The van der Waals surface area contributed by atoms with E-state index < -0.39 is 31.7 Å². The summed E-state index contributed by atoms with van der Waals surface area (Å²) in [5.74, 6) is -1.27. The normalized spacial score (nSPS) is 11.4. The summed E-state index contributed by atoms with van der Waals surface area (Å²) in [6.45, 7) is 0.739. The van der Waals surface area contributed by atoms with E-state index in [2.05, 4.69) is 60.5 Å². The maximum absolute atomic E-state index is 13.4. The van der Waals surface area contributed by atoms with Gasteiger partial charge in [0.2, 0.25) is 0 Å². The molecule has 0 fully saturated rings. The number of aromatic amines is 1. The number of pyridine rings is 6. The van der Waals surface area contributed by atoms with Crippen LogP contribution < -0.4 is 16.4 Å². The molecule has 12 aromatic heterocycles. The maximum atomic E-state index is 13.4. The van der Waals surface area contributed by atoms with Crippen LogP contribution in [0.25, 0.3) is 33.1 Å². The van der Waals surface area contributed by atoms with Gasteiger partial charge in [-0.25, -0.2) is 67.9 Å². The number of benzene rings is 2. The van der Waals surface area contributed by atoms with Crippen molar-refractivity contribution in [1.82, 2.24) is 57.8 Å². The lowest BCUT2D eigenvalue weighted by molar-refractivity contribution is 0.112. The lowest BCUT2D eigenvalue weighted by atomic mass is 10.1. The minimum absolute atomic E-state index is 0.148. The average Bonchev–Trinajstić information content (AvgIpc) is 1.64. The zero-order chi connectivity index (χ0) is 68.5. The molecule has 0 aliphatic rings. The van der Waals surface area contributed by atoms with Gasteiger partial charge in [-0.3, -0.25) is 19.7 Å². The third-order valence-corrected chi connectivity index (χ3v) is 21.9. The number of rotatable bonds is 17. The highest BCUT2D eigenvalue weighted by molar-refractivity contribution is 7.90. The van der Waals surface area contributed by atoms with E-state index in [0.717, 1.165) is 59.2 Å². The molecule has 0 unspecified atom stereocenters. The number of hydrogen-bond acceptors (Lipinski definition) is 20. The maximum Gasteiger partial charge on any atom is 0.269 e. The Labute approximate surface area is 592 Å². The van der Waals surface area contributed by atoms with Gasteiger partial charge < -0.3 is 21.4 Å². The van der Waals surface area contributed by atoms with Crippen molar-refractivity contribution in [2.45, 2.75) is 42.1 Å². The number of thiazole rings is 3. The van der Waals surface area contributed by atoms with Gasteiger partial charge in [0, 0.05) is 110 Å². The first kappa shape index (κ1) is 69.7. The number of halogens is 9. The summed E-state index contributed by atoms with van der Waals surface area (Å²) in [5.41, 5.74) is 11.1. The number of aromatic nitrogens is 12. The molecular weight excluding hydrogens is 1480 g/mol. The van der Waals surface area contributed by atoms with Crippen LogP contribution in [-0.2, 0) is 52.4 Å². The van der Waals surface area contributed by atoms with Crippen LogP contribution in [0.4, 0.5) is 28.6 Å². The Morgan fingerprint density at radius 1 is 0.505 bits per heavy atom. The van der Waals surface area contributed by atoms with Crippen molar-refractivity contribution in [1.29, 1.82) is 0 Å². The number of carbonyl (C=O) groups is 1. The highest BCUT2D eigenvalue weighted by Crippen LogP contribution is 2.37. The molecule has 0 spiro atoms. The Morgan fingerprint density at radius 3 is 1.36 bits per heavy atom. The minimum Gasteiger partial charge on any atom is -0.375 e. The zero-order valence-electron chi connectivity index (χ0n) is 49.3. The van der Waals surface area contributed by atoms with Crippen LogP contribution in [0.1, 0.15) is 52.8 Å². The number of nitrogen functional groups attached to an aromatic ring is 1. The monoisotopic (exact) mass is 1520 g/mol. The summed E-state index contributed by atoms with van der Waals surface area (Å²) in [6.07, 6.45) is 19.1. The standard InChI is InChI=1S/C23H16Cl2FN5O2S2.C17H12Cl2FN5S.C17H12Cl2N4O2S2.C6H4FNO/c24-16-8-19-15(13-31(22(19)28-11-16)35(32,33)18-4-2-1-3-5-18)7-20-21(25)30-23(34-20)29-10-14-6-17(26)12-27-9-14;18-11-3-13-10(6-22-16(13)23-7-11)2-14-15(19)25-17(26-14)24-5-9-1-12(20)8-21-4-9;18-11-7-13-10(6-14-15(19)22-17(20)26-14)9-23(16(13)21-8-11)27(24,25)12-4-2-1-3-5-12;7-6-1-5(4-9)2-8-3-6/h1-6,8-9,11-13H,7,10H2,(H,29,30);1,3-4,6-8H,2,5H2,(H,22,23)(H,24,25);1-5,7-9H,6H2,(H2,20,22);1-4H. The van der Waals surface area contributed by atoms with Crippen molar-refractivity contribution in [2.75, 3.05) is 16.4 Å². The van der Waals surface area contributed by atoms with Crippen LogP contribution in [0.3, 0.4) is 0 Å². The molecular formula is C63H44Cl6F3N15O5S5. The molecule has 5 N–H and O–H groups in total. The van der Waals surface area contributed by atoms with Gasteiger partial charge in [0.1, 0.15) is 38.6 Å². The van der Waals surface area contributed by atoms with Crippen LogP contribution in [0.5, 0.6) is 0 Å². The quantitative estimate of drug-likeness (QED) is 0.0617. The number of carbonyl (C=O) groups excluding carboxylic acids is 1. The topological polar surface area (TPSA) is 277 Å². The number of H-pyrrole nitrogens is 1. The van der Waals surface area contributed by atoms with Gasteiger partial charge in [-0.05, 0) is 88.5 Å². The largest absolute Gasteiger partial charge is 0.375 e. The van der Waals surface area contributed by atoms with E-state index >= 15 is 0 Å². The molecule has 2 aromatic carbocycles. The number of nitrogens with two attached hydrogens (primary N) is 1. The molecule has 0 saturated carbocycles. The van der Waals surface area contributed by atoms with Crippen LogP contribution >= 0.6 is 104 Å². The predicted molar refractivity (Wildman–Crippen MR) is 375 cm³/mol. The molecule has 12 heterocycles. The van der Waals surface area contributed by atoms with E-state index in [-0.39, 0.29) is 32.0 Å². The number of aldehydes is 1. The number of nitrogens with zero attached hydrogens (tertiary/aromatic N) is 11. The van der Waals surface area contributed by atoms with Gasteiger partial charge in [-0.2, -0.15) is 0 Å². The second-order valence-corrected chi connectivity index (χ2v) is 29.8. The molecule has 97 heavy (non-hydrogen) atoms. The molecule has 0 saturated heterocycles. The zero-order valence-corrected chi connectivity index (χ0v) is 57.9. The van der Waals surface area contributed by atoms with Crippen molar-refractivity contribution >= 4 is 178 Å². The fourth-order valence-electron chi connectivity index (χ4n) is 9.44. The Bertz CT molecular complexity index is 5420. The molecule has 0 amide bonds. The second kappa shape index (κ2) is 30.8. The molecule has 494 valence electrons. The number of hydrogen-bond donors (Lipinski definition) is 4. The van der Waals surface area contributed by atoms with Gasteiger partial charge in [-0.15, -0.1) is 34.0 Å². The lowest BCUT2D eigenvalue weighted by Gasteiger charge is -2.06. The van der Waals surface area contributed by atoms with Gasteiger partial charge in [0.05, 0.1) is 58.1 Å². The average molecular weight is 1520 g/mol. The van der Waals surface area contributed by atoms with Crippen LogP contribution in [-0.4, -0.2) is 80.9 Å². The molecule has 0 bridgehead atoms. The Kier molecular flexibility index (Phi) is 22.1. The molecule has 0 radical (unpaired) electrons. The van der Waals surface area contributed by atoms with E-state index in [1.165, 1.54) is 105 Å². The smallest absolute Gasteiger partial charge is 0.269 e. The summed E-state index contributed by atoms with van der Waals surface area (Å²) in [5, 5.41) is 12.4. The molecule has 14 rings (SSSR count). The van der Waals surface area contributed by atoms with Crippen LogP contribution in [0, 0.1) is 17.5 Å².